The molecule has 28 heavy (non-hydrogen) atoms. The summed E-state index contributed by atoms with van der Waals surface area (Å²) in [6, 6.07) is 16.0. The number of ether oxygens (including phenoxy) is 1. The van der Waals surface area contributed by atoms with Gasteiger partial charge in [-0.3, -0.25) is 9.59 Å². The number of nitrogens with zero attached hydrogens (tertiary/aromatic N) is 2. The van der Waals surface area contributed by atoms with E-state index < -0.39 is 5.97 Å². The molecule has 0 radical (unpaired) electrons. The minimum Gasteiger partial charge on any atom is -0.452 e. The van der Waals surface area contributed by atoms with E-state index in [1.54, 1.807) is 34.1 Å². The van der Waals surface area contributed by atoms with Gasteiger partial charge in [0.05, 0.1) is 5.56 Å². The van der Waals surface area contributed by atoms with Crippen LogP contribution in [0.4, 0.5) is 11.4 Å². The third kappa shape index (κ3) is 4.39. The lowest BCUT2D eigenvalue weighted by molar-refractivity contribution is -0.122. The van der Waals surface area contributed by atoms with E-state index in [1.165, 1.54) is 0 Å². The van der Waals surface area contributed by atoms with Gasteiger partial charge in [-0.2, -0.15) is 0 Å². The van der Waals surface area contributed by atoms with Gasteiger partial charge in [-0.15, -0.1) is 0 Å². The molecule has 0 atom stereocenters. The molecule has 1 fully saturated rings. The summed E-state index contributed by atoms with van der Waals surface area (Å²) >= 11 is 0. The molecule has 0 N–H and O–H groups in total. The zero-order valence-electron chi connectivity index (χ0n) is 16.1. The molecule has 0 spiro atoms. The lowest BCUT2D eigenvalue weighted by Crippen LogP contribution is -2.39. The summed E-state index contributed by atoms with van der Waals surface area (Å²) in [5, 5.41) is 0. The maximum Gasteiger partial charge on any atom is 0.338 e. The van der Waals surface area contributed by atoms with Crippen molar-refractivity contribution < 1.29 is 19.1 Å². The number of para-hydroxylation sites is 1. The van der Waals surface area contributed by atoms with Crippen LogP contribution in [0, 0.1) is 0 Å². The summed E-state index contributed by atoms with van der Waals surface area (Å²) in [7, 11) is 0. The van der Waals surface area contributed by atoms with Crippen LogP contribution in [0.15, 0.2) is 54.6 Å². The number of rotatable bonds is 6. The smallest absolute Gasteiger partial charge is 0.338 e. The third-order valence-electron chi connectivity index (χ3n) is 4.61. The highest BCUT2D eigenvalue weighted by molar-refractivity contribution is 5.99. The quantitative estimate of drug-likeness (QED) is 0.721. The molecular formula is C22H24N2O4. The van der Waals surface area contributed by atoms with Crippen LogP contribution in [-0.2, 0) is 14.3 Å². The van der Waals surface area contributed by atoms with Crippen LogP contribution in [0.1, 0.15) is 37.0 Å². The Bertz CT molecular complexity index is 864. The van der Waals surface area contributed by atoms with Crippen molar-refractivity contribution in [2.24, 2.45) is 0 Å². The minimum atomic E-state index is -0.585. The van der Waals surface area contributed by atoms with Gasteiger partial charge in [0.1, 0.15) is 0 Å². The molecule has 0 unspecified atom stereocenters. The van der Waals surface area contributed by atoms with Crippen molar-refractivity contribution in [2.45, 2.75) is 32.7 Å². The summed E-state index contributed by atoms with van der Waals surface area (Å²) in [6.07, 6.45) is 1.33. The number of benzene rings is 2. The van der Waals surface area contributed by atoms with Crippen LogP contribution in [0.2, 0.25) is 0 Å². The van der Waals surface area contributed by atoms with E-state index in [4.69, 9.17) is 4.74 Å². The molecule has 6 heteroatoms. The number of anilines is 2. The van der Waals surface area contributed by atoms with E-state index in [9.17, 15) is 14.4 Å². The second-order valence-electron chi connectivity index (χ2n) is 6.97. The number of carbonyl (C=O) groups is 3. The van der Waals surface area contributed by atoms with Gasteiger partial charge < -0.3 is 14.5 Å². The van der Waals surface area contributed by atoms with Crippen molar-refractivity contribution in [1.82, 2.24) is 0 Å². The van der Waals surface area contributed by atoms with Crippen LogP contribution in [0.3, 0.4) is 0 Å². The summed E-state index contributed by atoms with van der Waals surface area (Å²) < 4.78 is 5.25. The standard InChI is InChI=1S/C22H24N2O4/c1-16(2)24(18-9-4-3-5-10-18)21(26)15-28-22(27)17-8-6-11-19(14-17)23-13-7-12-20(23)25/h3-6,8-11,14,16H,7,12-13,15H2,1-2H3. The maximum atomic E-state index is 12.6. The summed E-state index contributed by atoms with van der Waals surface area (Å²) in [4.78, 5) is 40.2. The molecule has 0 saturated carbocycles. The fourth-order valence-electron chi connectivity index (χ4n) is 3.32. The predicted octanol–water partition coefficient (Wildman–Crippen LogP) is 3.41. The minimum absolute atomic E-state index is 0.0520. The second kappa shape index (κ2) is 8.69. The monoisotopic (exact) mass is 380 g/mol. The molecule has 146 valence electrons. The fourth-order valence-corrected chi connectivity index (χ4v) is 3.32. The van der Waals surface area contributed by atoms with Gasteiger partial charge in [-0.25, -0.2) is 4.79 Å². The first kappa shape index (κ1) is 19.6. The van der Waals surface area contributed by atoms with E-state index >= 15 is 0 Å². The van der Waals surface area contributed by atoms with Gasteiger partial charge in [0, 0.05) is 30.4 Å². The number of hydrogen-bond donors (Lipinski definition) is 0. The molecule has 1 saturated heterocycles. The molecule has 0 aromatic heterocycles. The zero-order valence-corrected chi connectivity index (χ0v) is 16.1. The largest absolute Gasteiger partial charge is 0.452 e. The van der Waals surface area contributed by atoms with Crippen LogP contribution in [0.5, 0.6) is 0 Å². The molecule has 1 aliphatic heterocycles. The Morgan fingerprint density at radius 1 is 1.11 bits per heavy atom. The van der Waals surface area contributed by atoms with Crippen molar-refractivity contribution in [3.05, 3.63) is 60.2 Å². The predicted molar refractivity (Wildman–Crippen MR) is 107 cm³/mol. The topological polar surface area (TPSA) is 66.9 Å². The molecule has 2 aromatic carbocycles. The Morgan fingerprint density at radius 2 is 1.86 bits per heavy atom. The molecule has 6 nitrogen and oxygen atoms in total. The van der Waals surface area contributed by atoms with E-state index in [1.807, 2.05) is 44.2 Å². The second-order valence-corrected chi connectivity index (χ2v) is 6.97. The molecule has 1 heterocycles. The molecule has 0 bridgehead atoms. The maximum absolute atomic E-state index is 12.6. The molecule has 2 amide bonds. The zero-order chi connectivity index (χ0) is 20.1. The Kier molecular flexibility index (Phi) is 6.09. The average Bonchev–Trinajstić information content (AvgIpc) is 3.13. The summed E-state index contributed by atoms with van der Waals surface area (Å²) in [5.41, 5.74) is 1.75. The normalized spacial score (nSPS) is 13.7. The van der Waals surface area contributed by atoms with Crippen LogP contribution >= 0.6 is 0 Å². The SMILES string of the molecule is CC(C)N(C(=O)COC(=O)c1cccc(N2CCCC2=O)c1)c1ccccc1. The van der Waals surface area contributed by atoms with Gasteiger partial charge >= 0.3 is 5.97 Å². The van der Waals surface area contributed by atoms with Gasteiger partial charge in [0.2, 0.25) is 5.91 Å². The van der Waals surface area contributed by atoms with Crippen molar-refractivity contribution in [2.75, 3.05) is 23.0 Å². The van der Waals surface area contributed by atoms with Crippen LogP contribution < -0.4 is 9.80 Å². The van der Waals surface area contributed by atoms with E-state index in [0.29, 0.717) is 24.2 Å². The van der Waals surface area contributed by atoms with E-state index in [2.05, 4.69) is 0 Å². The summed E-state index contributed by atoms with van der Waals surface area (Å²) in [5.74, 6) is -0.824. The first-order valence-corrected chi connectivity index (χ1v) is 9.42. The van der Waals surface area contributed by atoms with Crippen LogP contribution in [-0.4, -0.2) is 37.0 Å². The first-order valence-electron chi connectivity index (χ1n) is 9.42. The number of esters is 1. The fraction of sp³-hybridized carbons (Fsp3) is 0.318. The number of hydrogen-bond acceptors (Lipinski definition) is 4. The Morgan fingerprint density at radius 3 is 2.50 bits per heavy atom. The lowest BCUT2D eigenvalue weighted by atomic mass is 10.2. The Labute approximate surface area is 164 Å². The van der Waals surface area contributed by atoms with Crippen molar-refractivity contribution in [3.63, 3.8) is 0 Å². The first-order chi connectivity index (χ1) is 13.5. The highest BCUT2D eigenvalue weighted by Gasteiger charge is 2.23. The van der Waals surface area contributed by atoms with Crippen molar-refractivity contribution in [1.29, 1.82) is 0 Å². The summed E-state index contributed by atoms with van der Waals surface area (Å²) in [6.45, 7) is 4.11. The Balaban J connectivity index is 1.66. The van der Waals surface area contributed by atoms with Crippen molar-refractivity contribution >= 4 is 29.2 Å². The van der Waals surface area contributed by atoms with E-state index in [0.717, 1.165) is 12.1 Å². The van der Waals surface area contributed by atoms with Gasteiger partial charge in [0.15, 0.2) is 6.61 Å². The molecule has 0 aliphatic carbocycles. The molecular weight excluding hydrogens is 356 g/mol. The molecule has 1 aliphatic rings. The Hall–Kier alpha value is -3.15. The lowest BCUT2D eigenvalue weighted by Gasteiger charge is -2.26. The van der Waals surface area contributed by atoms with Gasteiger partial charge in [-0.1, -0.05) is 24.3 Å². The number of amides is 2. The average molecular weight is 380 g/mol. The third-order valence-corrected chi connectivity index (χ3v) is 4.61. The highest BCUT2D eigenvalue weighted by Crippen LogP contribution is 2.23. The van der Waals surface area contributed by atoms with E-state index in [-0.39, 0.29) is 24.5 Å². The highest BCUT2D eigenvalue weighted by atomic mass is 16.5. The van der Waals surface area contributed by atoms with Crippen molar-refractivity contribution in [3.8, 4) is 0 Å². The van der Waals surface area contributed by atoms with Crippen LogP contribution in [0.25, 0.3) is 0 Å². The molecule has 2 aromatic rings. The number of carbonyl (C=O) groups excluding carboxylic acids is 3. The van der Waals surface area contributed by atoms with Gasteiger partial charge in [-0.05, 0) is 50.6 Å². The molecule has 3 rings (SSSR count). The van der Waals surface area contributed by atoms with Gasteiger partial charge in [0.25, 0.3) is 5.91 Å².